The highest BCUT2D eigenvalue weighted by Crippen LogP contribution is 2.18. The Morgan fingerprint density at radius 2 is 1.56 bits per heavy atom. The highest BCUT2D eigenvalue weighted by Gasteiger charge is 1.95. The van der Waals surface area contributed by atoms with Gasteiger partial charge in [0.2, 0.25) is 0 Å². The minimum atomic E-state index is 0.199. The first kappa shape index (κ1) is 10.2. The maximum Gasteiger partial charge on any atom is 0.124 e. The Bertz CT molecular complexity index is 504. The standard InChI is InChI=1S/C13H11NO2/c15-12-7-5-11(6-8-12)14-9-10-3-1-2-4-13(10)16/h1-9,15-16H/b14-9+. The van der Waals surface area contributed by atoms with E-state index in [-0.39, 0.29) is 11.5 Å². The second-order valence-electron chi connectivity index (χ2n) is 3.33. The van der Waals surface area contributed by atoms with Gasteiger partial charge in [-0.15, -0.1) is 0 Å². The molecule has 0 heterocycles. The van der Waals surface area contributed by atoms with Crippen molar-refractivity contribution in [1.29, 1.82) is 0 Å². The molecule has 2 rings (SSSR count). The smallest absolute Gasteiger partial charge is 0.124 e. The van der Waals surface area contributed by atoms with Crippen LogP contribution in [-0.2, 0) is 0 Å². The molecule has 3 nitrogen and oxygen atoms in total. The molecule has 0 saturated carbocycles. The number of aliphatic imine (C=N–C) groups is 1. The van der Waals surface area contributed by atoms with Crippen LogP contribution in [0.3, 0.4) is 0 Å². The summed E-state index contributed by atoms with van der Waals surface area (Å²) in [6, 6.07) is 13.5. The number of hydrogen-bond donors (Lipinski definition) is 2. The van der Waals surface area contributed by atoms with E-state index in [1.54, 1.807) is 48.7 Å². The lowest BCUT2D eigenvalue weighted by atomic mass is 10.2. The fraction of sp³-hybridized carbons (Fsp3) is 0. The molecule has 0 unspecified atom stereocenters. The summed E-state index contributed by atoms with van der Waals surface area (Å²) in [6.45, 7) is 0. The van der Waals surface area contributed by atoms with E-state index in [0.29, 0.717) is 5.56 Å². The Kier molecular flexibility index (Phi) is 2.87. The van der Waals surface area contributed by atoms with Gasteiger partial charge in [-0.3, -0.25) is 4.99 Å². The van der Waals surface area contributed by atoms with Crippen molar-refractivity contribution in [2.24, 2.45) is 4.99 Å². The molecule has 2 aromatic rings. The summed E-state index contributed by atoms with van der Waals surface area (Å²) in [5, 5.41) is 18.6. The first-order chi connectivity index (χ1) is 7.75. The van der Waals surface area contributed by atoms with Crippen molar-refractivity contribution in [1.82, 2.24) is 0 Å². The Labute approximate surface area is 93.3 Å². The van der Waals surface area contributed by atoms with Gasteiger partial charge in [0.05, 0.1) is 5.69 Å². The highest BCUT2D eigenvalue weighted by atomic mass is 16.3. The fourth-order valence-electron chi connectivity index (χ4n) is 1.28. The second-order valence-corrected chi connectivity index (χ2v) is 3.33. The highest BCUT2D eigenvalue weighted by molar-refractivity contribution is 5.85. The number of para-hydroxylation sites is 1. The van der Waals surface area contributed by atoms with Gasteiger partial charge in [-0.25, -0.2) is 0 Å². The van der Waals surface area contributed by atoms with Gasteiger partial charge in [-0.1, -0.05) is 12.1 Å². The van der Waals surface area contributed by atoms with E-state index in [1.165, 1.54) is 0 Å². The second kappa shape index (κ2) is 4.49. The number of benzene rings is 2. The first-order valence-corrected chi connectivity index (χ1v) is 4.87. The Hall–Kier alpha value is -2.29. The van der Waals surface area contributed by atoms with Gasteiger partial charge in [-0.2, -0.15) is 0 Å². The molecule has 0 amide bonds. The molecular weight excluding hydrogens is 202 g/mol. The fourth-order valence-corrected chi connectivity index (χ4v) is 1.28. The first-order valence-electron chi connectivity index (χ1n) is 4.87. The van der Waals surface area contributed by atoms with Crippen LogP contribution >= 0.6 is 0 Å². The summed E-state index contributed by atoms with van der Waals surface area (Å²) in [5.41, 5.74) is 1.39. The van der Waals surface area contributed by atoms with Crippen molar-refractivity contribution in [2.75, 3.05) is 0 Å². The van der Waals surface area contributed by atoms with Crippen LogP contribution in [0.4, 0.5) is 5.69 Å². The zero-order valence-electron chi connectivity index (χ0n) is 8.54. The van der Waals surface area contributed by atoms with Crippen LogP contribution < -0.4 is 0 Å². The molecule has 0 spiro atoms. The topological polar surface area (TPSA) is 52.8 Å². The Morgan fingerprint density at radius 1 is 0.875 bits per heavy atom. The summed E-state index contributed by atoms with van der Waals surface area (Å²) in [4.78, 5) is 4.18. The van der Waals surface area contributed by atoms with Crippen LogP contribution in [0.1, 0.15) is 5.56 Å². The summed E-state index contributed by atoms with van der Waals surface area (Å²) in [7, 11) is 0. The number of phenols is 2. The minimum Gasteiger partial charge on any atom is -0.508 e. The van der Waals surface area contributed by atoms with Gasteiger partial charge >= 0.3 is 0 Å². The number of phenolic OH excluding ortho intramolecular Hbond substituents is 2. The van der Waals surface area contributed by atoms with Gasteiger partial charge in [0, 0.05) is 11.8 Å². The quantitative estimate of drug-likeness (QED) is 0.753. The molecular formula is C13H11NO2. The lowest BCUT2D eigenvalue weighted by molar-refractivity contribution is 0.474. The van der Waals surface area contributed by atoms with Gasteiger partial charge in [0.15, 0.2) is 0 Å². The predicted molar refractivity (Wildman–Crippen MR) is 63.5 cm³/mol. The summed E-state index contributed by atoms with van der Waals surface area (Å²) in [5.74, 6) is 0.409. The third-order valence-corrected chi connectivity index (χ3v) is 2.14. The SMILES string of the molecule is Oc1ccc(/N=C/c2ccccc2O)cc1. The van der Waals surface area contributed by atoms with Gasteiger partial charge in [0.1, 0.15) is 11.5 Å². The van der Waals surface area contributed by atoms with Crippen molar-refractivity contribution >= 4 is 11.9 Å². The maximum atomic E-state index is 9.50. The molecule has 0 atom stereocenters. The summed E-state index contributed by atoms with van der Waals surface area (Å²) >= 11 is 0. The van der Waals surface area contributed by atoms with Crippen molar-refractivity contribution < 1.29 is 10.2 Å². The third kappa shape index (κ3) is 2.39. The van der Waals surface area contributed by atoms with Crippen molar-refractivity contribution in [3.63, 3.8) is 0 Å². The normalized spacial score (nSPS) is 10.8. The van der Waals surface area contributed by atoms with Crippen LogP contribution in [-0.4, -0.2) is 16.4 Å². The van der Waals surface area contributed by atoms with Crippen molar-refractivity contribution in [2.45, 2.75) is 0 Å². The van der Waals surface area contributed by atoms with Gasteiger partial charge < -0.3 is 10.2 Å². The monoisotopic (exact) mass is 213 g/mol. The molecule has 0 aliphatic carbocycles. The van der Waals surface area contributed by atoms with E-state index in [9.17, 15) is 5.11 Å². The van der Waals surface area contributed by atoms with Crippen LogP contribution in [0.25, 0.3) is 0 Å². The van der Waals surface area contributed by atoms with Gasteiger partial charge in [0.25, 0.3) is 0 Å². The zero-order valence-corrected chi connectivity index (χ0v) is 8.54. The molecule has 2 N–H and O–H groups in total. The molecule has 0 aliphatic heterocycles. The summed E-state index contributed by atoms with van der Waals surface area (Å²) in [6.07, 6.45) is 1.59. The molecule has 3 heteroatoms. The largest absolute Gasteiger partial charge is 0.508 e. The van der Waals surface area contributed by atoms with E-state index in [2.05, 4.69) is 4.99 Å². The van der Waals surface area contributed by atoms with E-state index in [0.717, 1.165) is 5.69 Å². The maximum absolute atomic E-state index is 9.50. The predicted octanol–water partition coefficient (Wildman–Crippen LogP) is 2.85. The number of nitrogens with zero attached hydrogens (tertiary/aromatic N) is 1. The van der Waals surface area contributed by atoms with Crippen LogP contribution in [0.15, 0.2) is 53.5 Å². The van der Waals surface area contributed by atoms with E-state index < -0.39 is 0 Å². The minimum absolute atomic E-state index is 0.199. The Morgan fingerprint density at radius 3 is 2.25 bits per heavy atom. The molecule has 80 valence electrons. The number of rotatable bonds is 2. The lowest BCUT2D eigenvalue weighted by Crippen LogP contribution is -1.80. The average Bonchev–Trinajstić information content (AvgIpc) is 2.30. The van der Waals surface area contributed by atoms with Crippen LogP contribution in [0, 0.1) is 0 Å². The molecule has 0 fully saturated rings. The van der Waals surface area contributed by atoms with Crippen LogP contribution in [0.5, 0.6) is 11.5 Å². The average molecular weight is 213 g/mol. The van der Waals surface area contributed by atoms with E-state index in [1.807, 2.05) is 6.07 Å². The molecule has 0 aliphatic rings. The number of aromatic hydroxyl groups is 2. The lowest BCUT2D eigenvalue weighted by Gasteiger charge is -1.97. The number of hydrogen-bond acceptors (Lipinski definition) is 3. The molecule has 0 aromatic heterocycles. The van der Waals surface area contributed by atoms with Crippen LogP contribution in [0.2, 0.25) is 0 Å². The van der Waals surface area contributed by atoms with E-state index >= 15 is 0 Å². The Balaban J connectivity index is 2.21. The molecule has 0 bridgehead atoms. The molecule has 16 heavy (non-hydrogen) atoms. The van der Waals surface area contributed by atoms with E-state index in [4.69, 9.17) is 5.11 Å². The van der Waals surface area contributed by atoms with Crippen molar-refractivity contribution in [3.05, 3.63) is 54.1 Å². The molecule has 0 radical (unpaired) electrons. The molecule has 2 aromatic carbocycles. The zero-order chi connectivity index (χ0) is 11.4. The van der Waals surface area contributed by atoms with Gasteiger partial charge in [-0.05, 0) is 36.4 Å². The summed E-state index contributed by atoms with van der Waals surface area (Å²) < 4.78 is 0. The van der Waals surface area contributed by atoms with Crippen molar-refractivity contribution in [3.8, 4) is 11.5 Å². The molecule has 0 saturated heterocycles. The third-order valence-electron chi connectivity index (χ3n) is 2.14.